The van der Waals surface area contributed by atoms with Crippen molar-refractivity contribution in [1.82, 2.24) is 14.5 Å². The van der Waals surface area contributed by atoms with E-state index in [-0.39, 0.29) is 11.6 Å². The molecule has 0 fully saturated rings. The molecular weight excluding hydrogens is 632 g/mol. The van der Waals surface area contributed by atoms with Gasteiger partial charge >= 0.3 is 6.03 Å². The van der Waals surface area contributed by atoms with Crippen LogP contribution in [0, 0.1) is 0 Å². The van der Waals surface area contributed by atoms with E-state index in [0.29, 0.717) is 59.0 Å². The van der Waals surface area contributed by atoms with Gasteiger partial charge in [-0.25, -0.2) is 9.78 Å². The maximum Gasteiger partial charge on any atom is 0.322 e. The van der Waals surface area contributed by atoms with Crippen LogP contribution in [0.4, 0.5) is 10.5 Å². The molecule has 0 saturated carbocycles. The summed E-state index contributed by atoms with van der Waals surface area (Å²) in [5.74, 6) is 1.76. The summed E-state index contributed by atoms with van der Waals surface area (Å²) in [5, 5.41) is 3.58. The minimum atomic E-state index is -0.524. The Morgan fingerprint density at radius 2 is 1.60 bits per heavy atom. The number of methoxy groups -OCH3 is 2. The van der Waals surface area contributed by atoms with Gasteiger partial charge in [-0.3, -0.25) is 9.36 Å². The molecule has 1 aromatic heterocycles. The smallest absolute Gasteiger partial charge is 0.322 e. The number of amides is 2. The highest BCUT2D eigenvalue weighted by Gasteiger charge is 2.29. The van der Waals surface area contributed by atoms with Crippen LogP contribution in [0.25, 0.3) is 16.6 Å². The van der Waals surface area contributed by atoms with Crippen LogP contribution in [0.3, 0.4) is 0 Å². The van der Waals surface area contributed by atoms with Crippen LogP contribution in [0.5, 0.6) is 11.5 Å². The quantitative estimate of drug-likeness (QED) is 0.154. The number of aryl methyl sites for hydroxylation is 1. The zero-order chi connectivity index (χ0) is 31.9. The molecular formula is C36H37BrN4O4. The maximum absolute atomic E-state index is 14.1. The third kappa shape index (κ3) is 7.04. The third-order valence-electron chi connectivity index (χ3n) is 7.91. The zero-order valence-corrected chi connectivity index (χ0v) is 27.5. The standard InChI is InChI=1S/C36H37BrN4O4/c1-5-24-11-18-28(19-12-24)41-34(39-30-10-8-7-9-29(30)35(41)42)31(6-2)40(36(43)38-27-16-14-26(37)15-17-27)22-21-25-13-20-32(44-3)33(23-25)45-4/h7-20,23,31H,5-6,21-22H2,1-4H3,(H,38,43). The number of hydrogen-bond donors (Lipinski definition) is 1. The monoisotopic (exact) mass is 668 g/mol. The van der Waals surface area contributed by atoms with Crippen molar-refractivity contribution < 1.29 is 14.3 Å². The van der Waals surface area contributed by atoms with Gasteiger partial charge in [-0.15, -0.1) is 0 Å². The van der Waals surface area contributed by atoms with Gasteiger partial charge in [0.25, 0.3) is 5.56 Å². The van der Waals surface area contributed by atoms with Crippen LogP contribution < -0.4 is 20.3 Å². The van der Waals surface area contributed by atoms with Gasteiger partial charge < -0.3 is 19.7 Å². The Labute approximate surface area is 271 Å². The fraction of sp³-hybridized carbons (Fsp3) is 0.250. The van der Waals surface area contributed by atoms with Crippen molar-refractivity contribution in [2.45, 2.75) is 39.2 Å². The summed E-state index contributed by atoms with van der Waals surface area (Å²) in [6.45, 7) is 4.46. The summed E-state index contributed by atoms with van der Waals surface area (Å²) < 4.78 is 13.5. The second kappa shape index (κ2) is 14.4. The number of hydrogen-bond acceptors (Lipinski definition) is 5. The van der Waals surface area contributed by atoms with E-state index in [1.165, 1.54) is 5.56 Å². The molecule has 5 aromatic rings. The average molecular weight is 670 g/mol. The van der Waals surface area contributed by atoms with Crippen LogP contribution in [0.2, 0.25) is 0 Å². The second-order valence-electron chi connectivity index (χ2n) is 10.6. The molecule has 0 radical (unpaired) electrons. The van der Waals surface area contributed by atoms with Crippen molar-refractivity contribution >= 4 is 38.6 Å². The Hall–Kier alpha value is -4.63. The summed E-state index contributed by atoms with van der Waals surface area (Å²) in [6.07, 6.45) is 1.95. The molecule has 9 heteroatoms. The molecule has 2 amide bonds. The number of carbonyl (C=O) groups is 1. The minimum Gasteiger partial charge on any atom is -0.493 e. The molecule has 0 aliphatic heterocycles. The molecule has 1 N–H and O–H groups in total. The number of aromatic nitrogens is 2. The fourth-order valence-corrected chi connectivity index (χ4v) is 5.72. The lowest BCUT2D eigenvalue weighted by Crippen LogP contribution is -2.42. The summed E-state index contributed by atoms with van der Waals surface area (Å²) >= 11 is 3.46. The van der Waals surface area contributed by atoms with Gasteiger partial charge in [0.1, 0.15) is 5.82 Å². The highest BCUT2D eigenvalue weighted by molar-refractivity contribution is 9.10. The first-order valence-electron chi connectivity index (χ1n) is 15.0. The Bertz CT molecular complexity index is 1840. The summed E-state index contributed by atoms with van der Waals surface area (Å²) in [6, 6.07) is 27.7. The van der Waals surface area contributed by atoms with E-state index in [0.717, 1.165) is 16.5 Å². The Kier molecular flexibility index (Phi) is 10.2. The van der Waals surface area contributed by atoms with E-state index in [4.69, 9.17) is 14.5 Å². The SMILES string of the molecule is CCc1ccc(-n2c(C(CC)N(CCc3ccc(OC)c(OC)c3)C(=O)Nc3ccc(Br)cc3)nc3ccccc3c2=O)cc1. The first kappa shape index (κ1) is 31.8. The maximum atomic E-state index is 14.1. The van der Waals surface area contributed by atoms with Gasteiger partial charge in [0.15, 0.2) is 11.5 Å². The number of anilines is 1. The van der Waals surface area contributed by atoms with Crippen molar-refractivity contribution in [2.24, 2.45) is 0 Å². The lowest BCUT2D eigenvalue weighted by molar-refractivity contribution is 0.182. The number of halogens is 1. The predicted molar refractivity (Wildman–Crippen MR) is 183 cm³/mol. The molecule has 5 rings (SSSR count). The number of fused-ring (bicyclic) bond motifs is 1. The number of nitrogens with one attached hydrogen (secondary N) is 1. The number of ether oxygens (including phenoxy) is 2. The normalized spacial score (nSPS) is 11.7. The van der Waals surface area contributed by atoms with Crippen LogP contribution in [0.15, 0.2) is 100 Å². The van der Waals surface area contributed by atoms with Crippen LogP contribution in [-0.4, -0.2) is 41.2 Å². The van der Waals surface area contributed by atoms with E-state index in [1.807, 2.05) is 91.9 Å². The van der Waals surface area contributed by atoms with E-state index in [2.05, 4.69) is 28.2 Å². The van der Waals surface area contributed by atoms with Crippen molar-refractivity contribution in [3.63, 3.8) is 0 Å². The molecule has 232 valence electrons. The molecule has 1 heterocycles. The summed E-state index contributed by atoms with van der Waals surface area (Å²) in [4.78, 5) is 35.1. The van der Waals surface area contributed by atoms with Gasteiger partial charge in [0.05, 0.1) is 36.9 Å². The number of urea groups is 1. The van der Waals surface area contributed by atoms with Crippen molar-refractivity contribution in [3.05, 3.63) is 123 Å². The number of benzene rings is 4. The van der Waals surface area contributed by atoms with Gasteiger partial charge in [-0.05, 0) is 91.1 Å². The van der Waals surface area contributed by atoms with Crippen molar-refractivity contribution in [1.29, 1.82) is 0 Å². The highest BCUT2D eigenvalue weighted by Crippen LogP contribution is 2.30. The molecule has 1 unspecified atom stereocenters. The lowest BCUT2D eigenvalue weighted by atomic mass is 10.1. The number of para-hydroxylation sites is 1. The largest absolute Gasteiger partial charge is 0.493 e. The molecule has 0 bridgehead atoms. The number of rotatable bonds is 11. The number of nitrogens with zero attached hydrogens (tertiary/aromatic N) is 3. The molecule has 1 atom stereocenters. The third-order valence-corrected chi connectivity index (χ3v) is 8.44. The Morgan fingerprint density at radius 3 is 2.27 bits per heavy atom. The van der Waals surface area contributed by atoms with Crippen LogP contribution >= 0.6 is 15.9 Å². The number of carbonyl (C=O) groups excluding carboxylic acids is 1. The molecule has 45 heavy (non-hydrogen) atoms. The van der Waals surface area contributed by atoms with Crippen molar-refractivity contribution in [2.75, 3.05) is 26.1 Å². The molecule has 4 aromatic carbocycles. The van der Waals surface area contributed by atoms with E-state index >= 15 is 0 Å². The van der Waals surface area contributed by atoms with Crippen molar-refractivity contribution in [3.8, 4) is 17.2 Å². The van der Waals surface area contributed by atoms with Crippen LogP contribution in [0.1, 0.15) is 43.3 Å². The van der Waals surface area contributed by atoms with Crippen LogP contribution in [-0.2, 0) is 12.8 Å². The molecule has 8 nitrogen and oxygen atoms in total. The summed E-state index contributed by atoms with van der Waals surface area (Å²) in [7, 11) is 3.20. The molecule has 0 aliphatic carbocycles. The van der Waals surface area contributed by atoms with E-state index in [9.17, 15) is 9.59 Å². The second-order valence-corrected chi connectivity index (χ2v) is 11.6. The highest BCUT2D eigenvalue weighted by atomic mass is 79.9. The topological polar surface area (TPSA) is 85.7 Å². The Balaban J connectivity index is 1.62. The first-order chi connectivity index (χ1) is 21.9. The Morgan fingerprint density at radius 1 is 0.911 bits per heavy atom. The van der Waals surface area contributed by atoms with E-state index in [1.54, 1.807) is 29.8 Å². The fourth-order valence-electron chi connectivity index (χ4n) is 5.46. The molecule has 0 saturated heterocycles. The average Bonchev–Trinajstić information content (AvgIpc) is 3.07. The van der Waals surface area contributed by atoms with Gasteiger partial charge in [0, 0.05) is 16.7 Å². The zero-order valence-electron chi connectivity index (χ0n) is 25.9. The summed E-state index contributed by atoms with van der Waals surface area (Å²) in [5.41, 5.74) is 3.92. The first-order valence-corrected chi connectivity index (χ1v) is 15.8. The van der Waals surface area contributed by atoms with Gasteiger partial charge in [-0.2, -0.15) is 0 Å². The van der Waals surface area contributed by atoms with Gasteiger partial charge in [-0.1, -0.05) is 60.1 Å². The van der Waals surface area contributed by atoms with E-state index < -0.39 is 6.04 Å². The predicted octanol–water partition coefficient (Wildman–Crippen LogP) is 7.96. The van der Waals surface area contributed by atoms with Gasteiger partial charge in [0.2, 0.25) is 0 Å². The molecule has 0 spiro atoms. The minimum absolute atomic E-state index is 0.175. The molecule has 0 aliphatic rings. The lowest BCUT2D eigenvalue weighted by Gasteiger charge is -2.32.